The van der Waals surface area contributed by atoms with Gasteiger partial charge < -0.3 is 14.0 Å². The highest BCUT2D eigenvalue weighted by molar-refractivity contribution is 5.89. The van der Waals surface area contributed by atoms with Gasteiger partial charge in [0.15, 0.2) is 0 Å². The number of nitrogens with zero attached hydrogens (tertiary/aromatic N) is 1. The Morgan fingerprint density at radius 1 is 1.13 bits per heavy atom. The number of esters is 1. The largest absolute Gasteiger partial charge is 0.497 e. The number of methoxy groups -OCH3 is 1. The van der Waals surface area contributed by atoms with Crippen molar-refractivity contribution in [2.24, 2.45) is 5.92 Å². The predicted molar refractivity (Wildman–Crippen MR) is 89.6 cm³/mol. The lowest BCUT2D eigenvalue weighted by Crippen LogP contribution is -2.61. The van der Waals surface area contributed by atoms with Crippen LogP contribution in [0.4, 0.5) is 0 Å². The van der Waals surface area contributed by atoms with Crippen LogP contribution in [-0.2, 0) is 4.74 Å². The highest BCUT2D eigenvalue weighted by Gasteiger charge is 2.43. The Bertz CT molecular complexity index is 538. The van der Waals surface area contributed by atoms with Crippen LogP contribution in [0.15, 0.2) is 24.3 Å². The molecule has 0 radical (unpaired) electrons. The molecule has 0 amide bonds. The van der Waals surface area contributed by atoms with Crippen LogP contribution in [0.3, 0.4) is 0 Å². The molecule has 0 spiro atoms. The molecule has 0 aliphatic carbocycles. The second-order valence-corrected chi connectivity index (χ2v) is 7.22. The van der Waals surface area contributed by atoms with E-state index in [-0.39, 0.29) is 5.97 Å². The minimum Gasteiger partial charge on any atom is -0.497 e. The normalized spacial score (nSPS) is 30.3. The summed E-state index contributed by atoms with van der Waals surface area (Å²) in [6, 6.07) is 7.80. The molecule has 3 rings (SSSR count). The van der Waals surface area contributed by atoms with Gasteiger partial charge in [-0.25, -0.2) is 4.79 Å². The van der Waals surface area contributed by atoms with Crippen molar-refractivity contribution in [2.45, 2.75) is 38.1 Å². The summed E-state index contributed by atoms with van der Waals surface area (Å²) in [6.45, 7) is 3.13. The summed E-state index contributed by atoms with van der Waals surface area (Å²) in [5.74, 6) is 1.04. The van der Waals surface area contributed by atoms with Crippen LogP contribution in [-0.4, -0.2) is 50.3 Å². The highest BCUT2D eigenvalue weighted by atomic mass is 16.5. The third-order valence-electron chi connectivity index (χ3n) is 5.76. The quantitative estimate of drug-likeness (QED) is 0.631. The molecule has 0 N–H and O–H groups in total. The zero-order valence-corrected chi connectivity index (χ0v) is 14.3. The van der Waals surface area contributed by atoms with Crippen molar-refractivity contribution in [1.82, 2.24) is 0 Å². The van der Waals surface area contributed by atoms with E-state index in [2.05, 4.69) is 7.05 Å². The smallest absolute Gasteiger partial charge is 0.338 e. The van der Waals surface area contributed by atoms with E-state index in [4.69, 9.17) is 9.47 Å². The summed E-state index contributed by atoms with van der Waals surface area (Å²) in [7, 11) is 4.01. The third-order valence-corrected chi connectivity index (χ3v) is 5.76. The average molecular weight is 318 g/mol. The SMILES string of the molecule is COc1ccc(C(=O)OC[C@H]2CCC[N@+]3(C)CCCC[C@@H]23)cc1. The summed E-state index contributed by atoms with van der Waals surface area (Å²) in [5, 5.41) is 0. The standard InChI is InChI=1S/C19H28NO3/c1-20-12-4-3-7-18(20)16(6-5-13-20)14-23-19(21)15-8-10-17(22-2)11-9-15/h8-11,16,18H,3-7,12-14H2,1-2H3/q+1/t16-,18+,20+/m1/s1. The second-order valence-electron chi connectivity index (χ2n) is 7.22. The summed E-state index contributed by atoms with van der Waals surface area (Å²) < 4.78 is 12.0. The van der Waals surface area contributed by atoms with E-state index in [0.717, 1.165) is 5.75 Å². The molecule has 0 unspecified atom stereocenters. The van der Waals surface area contributed by atoms with Crippen LogP contribution in [0.2, 0.25) is 0 Å². The Hall–Kier alpha value is -1.55. The molecule has 2 aliphatic heterocycles. The Morgan fingerprint density at radius 2 is 1.87 bits per heavy atom. The summed E-state index contributed by atoms with van der Waals surface area (Å²) in [5.41, 5.74) is 0.600. The van der Waals surface area contributed by atoms with Crippen molar-refractivity contribution in [3.05, 3.63) is 29.8 Å². The van der Waals surface area contributed by atoms with Crippen LogP contribution in [0.5, 0.6) is 5.75 Å². The van der Waals surface area contributed by atoms with Crippen LogP contribution >= 0.6 is 0 Å². The number of carbonyl (C=O) groups excluding carboxylic acids is 1. The lowest BCUT2D eigenvalue weighted by atomic mass is 9.82. The lowest BCUT2D eigenvalue weighted by Gasteiger charge is -2.51. The van der Waals surface area contributed by atoms with Gasteiger partial charge in [-0.05, 0) is 49.9 Å². The van der Waals surface area contributed by atoms with Crippen molar-refractivity contribution in [3.8, 4) is 5.75 Å². The van der Waals surface area contributed by atoms with E-state index < -0.39 is 0 Å². The molecule has 2 heterocycles. The van der Waals surface area contributed by atoms with Crippen molar-refractivity contribution in [1.29, 1.82) is 0 Å². The third kappa shape index (κ3) is 3.52. The molecule has 2 fully saturated rings. The number of hydrogen-bond donors (Lipinski definition) is 0. The fourth-order valence-corrected chi connectivity index (χ4v) is 4.42. The zero-order chi connectivity index (χ0) is 16.3. The molecule has 126 valence electrons. The van der Waals surface area contributed by atoms with Gasteiger partial charge in [0.25, 0.3) is 0 Å². The maximum atomic E-state index is 12.3. The minimum atomic E-state index is -0.219. The predicted octanol–water partition coefficient (Wildman–Crippen LogP) is 3.26. The van der Waals surface area contributed by atoms with E-state index in [1.165, 1.54) is 49.7 Å². The van der Waals surface area contributed by atoms with Crippen LogP contribution in [0.1, 0.15) is 42.5 Å². The Labute approximate surface area is 139 Å². The Balaban J connectivity index is 1.59. The van der Waals surface area contributed by atoms with Gasteiger partial charge in [-0.2, -0.15) is 0 Å². The zero-order valence-electron chi connectivity index (χ0n) is 14.3. The molecule has 2 saturated heterocycles. The molecule has 1 aromatic rings. The minimum absolute atomic E-state index is 0.219. The average Bonchev–Trinajstić information content (AvgIpc) is 2.59. The van der Waals surface area contributed by atoms with Gasteiger partial charge in [0, 0.05) is 12.3 Å². The summed E-state index contributed by atoms with van der Waals surface area (Å²) in [6.07, 6.45) is 6.38. The second kappa shape index (κ2) is 6.91. The number of ether oxygens (including phenoxy) is 2. The van der Waals surface area contributed by atoms with E-state index in [1.54, 1.807) is 31.4 Å². The van der Waals surface area contributed by atoms with Gasteiger partial charge in [0.2, 0.25) is 0 Å². The van der Waals surface area contributed by atoms with Crippen LogP contribution < -0.4 is 4.74 Å². The van der Waals surface area contributed by atoms with Gasteiger partial charge in [-0.1, -0.05) is 0 Å². The first-order valence-electron chi connectivity index (χ1n) is 8.78. The topological polar surface area (TPSA) is 35.5 Å². The molecule has 0 saturated carbocycles. The van der Waals surface area contributed by atoms with E-state index in [0.29, 0.717) is 24.1 Å². The fourth-order valence-electron chi connectivity index (χ4n) is 4.42. The molecule has 23 heavy (non-hydrogen) atoms. The Morgan fingerprint density at radius 3 is 2.61 bits per heavy atom. The molecular formula is C19H28NO3+. The molecule has 0 bridgehead atoms. The molecule has 2 aliphatic rings. The number of piperidine rings is 2. The van der Waals surface area contributed by atoms with E-state index >= 15 is 0 Å². The monoisotopic (exact) mass is 318 g/mol. The van der Waals surface area contributed by atoms with Gasteiger partial charge >= 0.3 is 5.97 Å². The van der Waals surface area contributed by atoms with E-state index in [9.17, 15) is 4.79 Å². The molecule has 3 atom stereocenters. The number of rotatable bonds is 4. The number of fused-ring (bicyclic) bond motifs is 1. The number of benzene rings is 1. The highest BCUT2D eigenvalue weighted by Crippen LogP contribution is 2.36. The number of quaternary nitrogens is 1. The van der Waals surface area contributed by atoms with Gasteiger partial charge in [-0.15, -0.1) is 0 Å². The maximum absolute atomic E-state index is 12.3. The van der Waals surface area contributed by atoms with E-state index in [1.807, 2.05) is 0 Å². The fraction of sp³-hybridized carbons (Fsp3) is 0.632. The molecule has 4 heteroatoms. The number of carbonyl (C=O) groups is 1. The summed E-state index contributed by atoms with van der Waals surface area (Å²) >= 11 is 0. The van der Waals surface area contributed by atoms with Crippen LogP contribution in [0, 0.1) is 5.92 Å². The summed E-state index contributed by atoms with van der Waals surface area (Å²) in [4.78, 5) is 12.3. The first-order chi connectivity index (χ1) is 11.1. The van der Waals surface area contributed by atoms with Gasteiger partial charge in [0.05, 0.1) is 38.9 Å². The van der Waals surface area contributed by atoms with Gasteiger partial charge in [-0.3, -0.25) is 0 Å². The van der Waals surface area contributed by atoms with Crippen molar-refractivity contribution >= 4 is 5.97 Å². The van der Waals surface area contributed by atoms with Gasteiger partial charge in [0.1, 0.15) is 12.4 Å². The Kier molecular flexibility index (Phi) is 4.90. The molecule has 1 aromatic carbocycles. The molecule has 4 nitrogen and oxygen atoms in total. The molecule has 0 aromatic heterocycles. The van der Waals surface area contributed by atoms with Crippen molar-refractivity contribution < 1.29 is 18.8 Å². The lowest BCUT2D eigenvalue weighted by molar-refractivity contribution is -0.947. The van der Waals surface area contributed by atoms with Crippen molar-refractivity contribution in [2.75, 3.05) is 33.9 Å². The van der Waals surface area contributed by atoms with Crippen molar-refractivity contribution in [3.63, 3.8) is 0 Å². The number of hydrogen-bond acceptors (Lipinski definition) is 3. The van der Waals surface area contributed by atoms with Crippen LogP contribution in [0.25, 0.3) is 0 Å². The maximum Gasteiger partial charge on any atom is 0.338 e. The first-order valence-corrected chi connectivity index (χ1v) is 8.78. The molecular weight excluding hydrogens is 290 g/mol. The first kappa shape index (κ1) is 16.3.